The smallest absolute Gasteiger partial charge is 0.0469 e. The molecule has 1 aromatic rings. The lowest BCUT2D eigenvalue weighted by Gasteiger charge is -2.31. The van der Waals surface area contributed by atoms with E-state index in [0.717, 1.165) is 19.1 Å². The van der Waals surface area contributed by atoms with Gasteiger partial charge in [-0.15, -0.1) is 0 Å². The van der Waals surface area contributed by atoms with Crippen molar-refractivity contribution in [3.63, 3.8) is 0 Å². The molecule has 0 aromatic heterocycles. The number of fused-ring (bicyclic) bond motifs is 1. The number of ether oxygens (including phenoxy) is 1. The maximum Gasteiger partial charge on any atom is 0.0469 e. The summed E-state index contributed by atoms with van der Waals surface area (Å²) in [7, 11) is 0. The van der Waals surface area contributed by atoms with Crippen LogP contribution in [0.3, 0.4) is 0 Å². The molecule has 1 heterocycles. The summed E-state index contributed by atoms with van der Waals surface area (Å²) >= 11 is 3.56. The van der Waals surface area contributed by atoms with Gasteiger partial charge in [0.2, 0.25) is 0 Å². The molecule has 1 aromatic carbocycles. The van der Waals surface area contributed by atoms with E-state index in [1.807, 2.05) is 0 Å². The average Bonchev–Trinajstić information content (AvgIpc) is 2.82. The molecule has 19 heavy (non-hydrogen) atoms. The van der Waals surface area contributed by atoms with Crippen molar-refractivity contribution < 1.29 is 4.74 Å². The zero-order valence-electron chi connectivity index (χ0n) is 11.5. The summed E-state index contributed by atoms with van der Waals surface area (Å²) in [4.78, 5) is 0. The van der Waals surface area contributed by atoms with E-state index in [4.69, 9.17) is 4.74 Å². The third-order valence-electron chi connectivity index (χ3n) is 4.62. The van der Waals surface area contributed by atoms with Crippen LogP contribution < -0.4 is 5.32 Å². The maximum absolute atomic E-state index is 5.46. The molecular weight excluding hydrogens is 302 g/mol. The molecule has 0 amide bonds. The highest BCUT2D eigenvalue weighted by Crippen LogP contribution is 2.34. The summed E-state index contributed by atoms with van der Waals surface area (Å²) in [6.07, 6.45) is 4.84. The van der Waals surface area contributed by atoms with Crippen molar-refractivity contribution in [1.82, 2.24) is 5.32 Å². The largest absolute Gasteiger partial charge is 0.381 e. The van der Waals surface area contributed by atoms with Gasteiger partial charge in [0.25, 0.3) is 0 Å². The summed E-state index contributed by atoms with van der Waals surface area (Å²) in [5, 5.41) is 3.85. The molecule has 1 aliphatic carbocycles. The number of rotatable bonds is 3. The topological polar surface area (TPSA) is 21.3 Å². The van der Waals surface area contributed by atoms with E-state index in [2.05, 4.69) is 46.4 Å². The Morgan fingerprint density at radius 1 is 1.26 bits per heavy atom. The van der Waals surface area contributed by atoms with Gasteiger partial charge in [0.05, 0.1) is 0 Å². The number of benzene rings is 1. The molecule has 2 unspecified atom stereocenters. The van der Waals surface area contributed by atoms with Gasteiger partial charge in [-0.1, -0.05) is 22.0 Å². The van der Waals surface area contributed by atoms with Crippen LogP contribution in [0.25, 0.3) is 0 Å². The first-order valence-electron chi connectivity index (χ1n) is 7.36. The Morgan fingerprint density at radius 2 is 2.05 bits per heavy atom. The van der Waals surface area contributed by atoms with Crippen LogP contribution in [0, 0.1) is 5.92 Å². The first kappa shape index (κ1) is 13.6. The van der Waals surface area contributed by atoms with Gasteiger partial charge in [-0.25, -0.2) is 0 Å². The van der Waals surface area contributed by atoms with E-state index in [-0.39, 0.29) is 0 Å². The molecule has 1 fully saturated rings. The molecule has 1 aliphatic heterocycles. The quantitative estimate of drug-likeness (QED) is 0.912. The van der Waals surface area contributed by atoms with Gasteiger partial charge < -0.3 is 10.1 Å². The Kier molecular flexibility index (Phi) is 4.25. The second-order valence-electron chi connectivity index (χ2n) is 5.84. The molecular formula is C16H22BrNO. The summed E-state index contributed by atoms with van der Waals surface area (Å²) in [6, 6.07) is 7.85. The van der Waals surface area contributed by atoms with E-state index in [9.17, 15) is 0 Å². The maximum atomic E-state index is 5.46. The summed E-state index contributed by atoms with van der Waals surface area (Å²) in [5.41, 5.74) is 3.01. The first-order valence-corrected chi connectivity index (χ1v) is 8.15. The SMILES string of the molecule is CC(NC1CCc2cc(Br)ccc21)C1CCOCC1. The van der Waals surface area contributed by atoms with Gasteiger partial charge in [0.1, 0.15) is 0 Å². The van der Waals surface area contributed by atoms with Gasteiger partial charge in [0, 0.05) is 29.8 Å². The standard InChI is InChI=1S/C16H22BrNO/c1-11(12-6-8-19-9-7-12)18-16-5-2-13-10-14(17)3-4-15(13)16/h3-4,10-12,16,18H,2,5-9H2,1H3. The molecule has 3 rings (SSSR count). The number of nitrogens with one attached hydrogen (secondary N) is 1. The molecule has 0 radical (unpaired) electrons. The average molecular weight is 324 g/mol. The first-order chi connectivity index (χ1) is 9.24. The molecule has 0 bridgehead atoms. The van der Waals surface area contributed by atoms with Gasteiger partial charge in [-0.2, -0.15) is 0 Å². The Bertz CT molecular complexity index is 442. The van der Waals surface area contributed by atoms with Gasteiger partial charge in [-0.05, 0) is 61.8 Å². The van der Waals surface area contributed by atoms with Crippen LogP contribution in [0.5, 0.6) is 0 Å². The normalized spacial score (nSPS) is 25.3. The molecule has 1 saturated heterocycles. The van der Waals surface area contributed by atoms with Gasteiger partial charge >= 0.3 is 0 Å². The summed E-state index contributed by atoms with van der Waals surface area (Å²) in [5.74, 6) is 0.772. The van der Waals surface area contributed by atoms with Crippen molar-refractivity contribution in [2.45, 2.75) is 44.7 Å². The third kappa shape index (κ3) is 3.04. The van der Waals surface area contributed by atoms with Crippen molar-refractivity contribution in [3.8, 4) is 0 Å². The van der Waals surface area contributed by atoms with Crippen molar-refractivity contribution in [1.29, 1.82) is 0 Å². The highest BCUT2D eigenvalue weighted by molar-refractivity contribution is 9.10. The van der Waals surface area contributed by atoms with Gasteiger partial charge in [-0.3, -0.25) is 0 Å². The second-order valence-corrected chi connectivity index (χ2v) is 6.76. The lowest BCUT2D eigenvalue weighted by Crippen LogP contribution is -2.38. The lowest BCUT2D eigenvalue weighted by atomic mass is 9.92. The predicted molar refractivity (Wildman–Crippen MR) is 81.3 cm³/mol. The van der Waals surface area contributed by atoms with E-state index >= 15 is 0 Å². The second kappa shape index (κ2) is 5.94. The van der Waals surface area contributed by atoms with Crippen molar-refractivity contribution in [2.24, 2.45) is 5.92 Å². The van der Waals surface area contributed by atoms with Crippen LogP contribution in [-0.4, -0.2) is 19.3 Å². The zero-order chi connectivity index (χ0) is 13.2. The molecule has 3 heteroatoms. The fraction of sp³-hybridized carbons (Fsp3) is 0.625. The Balaban J connectivity index is 1.65. The van der Waals surface area contributed by atoms with E-state index < -0.39 is 0 Å². The highest BCUT2D eigenvalue weighted by atomic mass is 79.9. The third-order valence-corrected chi connectivity index (χ3v) is 5.11. The summed E-state index contributed by atoms with van der Waals surface area (Å²) < 4.78 is 6.65. The summed E-state index contributed by atoms with van der Waals surface area (Å²) in [6.45, 7) is 4.21. The highest BCUT2D eigenvalue weighted by Gasteiger charge is 2.27. The van der Waals surface area contributed by atoms with Crippen LogP contribution in [0.2, 0.25) is 0 Å². The molecule has 2 nitrogen and oxygen atoms in total. The number of hydrogen-bond donors (Lipinski definition) is 1. The van der Waals surface area contributed by atoms with Crippen LogP contribution in [-0.2, 0) is 11.2 Å². The Hall–Kier alpha value is -0.380. The van der Waals surface area contributed by atoms with Gasteiger partial charge in [0.15, 0.2) is 0 Å². The molecule has 1 N–H and O–H groups in total. The molecule has 2 atom stereocenters. The molecule has 0 saturated carbocycles. The fourth-order valence-electron chi connectivity index (χ4n) is 3.43. The molecule has 0 spiro atoms. The fourth-order valence-corrected chi connectivity index (χ4v) is 3.84. The van der Waals surface area contributed by atoms with Crippen LogP contribution in [0.1, 0.15) is 43.4 Å². The number of hydrogen-bond acceptors (Lipinski definition) is 2. The minimum absolute atomic E-state index is 0.543. The van der Waals surface area contributed by atoms with E-state index in [0.29, 0.717) is 12.1 Å². The Morgan fingerprint density at radius 3 is 2.84 bits per heavy atom. The minimum atomic E-state index is 0.543. The Labute approximate surface area is 124 Å². The molecule has 104 valence electrons. The van der Waals surface area contributed by atoms with Crippen molar-refractivity contribution >= 4 is 15.9 Å². The van der Waals surface area contributed by atoms with Crippen molar-refractivity contribution in [3.05, 3.63) is 33.8 Å². The molecule has 2 aliphatic rings. The van der Waals surface area contributed by atoms with Crippen LogP contribution in [0.4, 0.5) is 0 Å². The predicted octanol–water partition coefficient (Wildman–Crippen LogP) is 3.84. The lowest BCUT2D eigenvalue weighted by molar-refractivity contribution is 0.0544. The monoisotopic (exact) mass is 323 g/mol. The van der Waals surface area contributed by atoms with E-state index in [1.54, 1.807) is 0 Å². The van der Waals surface area contributed by atoms with Crippen LogP contribution >= 0.6 is 15.9 Å². The minimum Gasteiger partial charge on any atom is -0.381 e. The number of halogens is 1. The zero-order valence-corrected chi connectivity index (χ0v) is 13.1. The number of aryl methyl sites for hydroxylation is 1. The van der Waals surface area contributed by atoms with E-state index in [1.165, 1.54) is 41.3 Å². The van der Waals surface area contributed by atoms with Crippen molar-refractivity contribution in [2.75, 3.05) is 13.2 Å². The van der Waals surface area contributed by atoms with Crippen LogP contribution in [0.15, 0.2) is 22.7 Å².